The van der Waals surface area contributed by atoms with Crippen LogP contribution in [0.3, 0.4) is 0 Å². The van der Waals surface area contributed by atoms with Gasteiger partial charge < -0.3 is 10.8 Å². The average Bonchev–Trinajstić information content (AvgIpc) is 2.04. The van der Waals surface area contributed by atoms with Crippen LogP contribution in [0.4, 0.5) is 8.78 Å². The van der Waals surface area contributed by atoms with Gasteiger partial charge >= 0.3 is 11.9 Å². The monoisotopic (exact) mass is 196 g/mol. The number of alkyl halides is 2. The minimum absolute atomic E-state index is 0.160. The van der Waals surface area contributed by atoms with Gasteiger partial charge in [-0.05, 0) is 6.42 Å². The van der Waals surface area contributed by atoms with Gasteiger partial charge in [0.2, 0.25) is 0 Å². The smallest absolute Gasteiger partial charge is 0.392 e. The van der Waals surface area contributed by atoms with Crippen LogP contribution < -0.4 is 5.73 Å². The van der Waals surface area contributed by atoms with E-state index in [2.05, 4.69) is 5.73 Å². The summed E-state index contributed by atoms with van der Waals surface area (Å²) in [4.78, 5) is 10.1. The van der Waals surface area contributed by atoms with Gasteiger partial charge in [0.15, 0.2) is 6.04 Å². The molecule has 0 rings (SSSR count). The lowest BCUT2D eigenvalue weighted by atomic mass is 10.0. The molecule has 4 N–H and O–H groups in total. The number of carbonyl (C=O) groups is 1. The first kappa shape index (κ1) is 12.3. The van der Waals surface area contributed by atoms with E-state index < -0.39 is 17.9 Å². The van der Waals surface area contributed by atoms with Crippen LogP contribution in [0.2, 0.25) is 0 Å². The van der Waals surface area contributed by atoms with Crippen LogP contribution in [-0.2, 0) is 4.79 Å². The normalized spacial score (nSPS) is 14.2. The molecule has 0 amide bonds. The van der Waals surface area contributed by atoms with Gasteiger partial charge in [-0.1, -0.05) is 19.8 Å². The Labute approximate surface area is 75.9 Å². The number of carboxylic acids is 1. The Morgan fingerprint density at radius 3 is 2.46 bits per heavy atom. The molecule has 5 heteroatoms. The van der Waals surface area contributed by atoms with Crippen molar-refractivity contribution in [3.63, 3.8) is 0 Å². The molecule has 0 aliphatic carbocycles. The number of carboxylic acid groups (broad SMARTS) is 1. The van der Waals surface area contributed by atoms with Crippen molar-refractivity contribution in [1.82, 2.24) is 0 Å². The lowest BCUT2D eigenvalue weighted by Crippen LogP contribution is -2.70. The van der Waals surface area contributed by atoms with Gasteiger partial charge in [-0.2, -0.15) is 8.78 Å². The molecule has 0 radical (unpaired) electrons. The third-order valence-corrected chi connectivity index (χ3v) is 1.95. The quantitative estimate of drug-likeness (QED) is 0.620. The van der Waals surface area contributed by atoms with Crippen molar-refractivity contribution < 1.29 is 24.4 Å². The van der Waals surface area contributed by atoms with Crippen molar-refractivity contribution in [2.24, 2.45) is 0 Å². The summed E-state index contributed by atoms with van der Waals surface area (Å²) in [7, 11) is 0. The van der Waals surface area contributed by atoms with Crippen molar-refractivity contribution in [3.8, 4) is 0 Å². The maximum Gasteiger partial charge on any atom is 0.392 e. The summed E-state index contributed by atoms with van der Waals surface area (Å²) in [5.41, 5.74) is 3.17. The number of unbranched alkanes of at least 4 members (excludes halogenated alkanes) is 2. The predicted octanol–water partition coefficient (Wildman–Crippen LogP) is 0.897. The minimum Gasteiger partial charge on any atom is -0.477 e. The fraction of sp³-hybridized carbons (Fsp3) is 0.875. The summed E-state index contributed by atoms with van der Waals surface area (Å²) in [5, 5.41) is 8.18. The zero-order chi connectivity index (χ0) is 10.5. The van der Waals surface area contributed by atoms with E-state index in [9.17, 15) is 13.6 Å². The maximum absolute atomic E-state index is 12.7. The second-order valence-corrected chi connectivity index (χ2v) is 3.12. The highest BCUT2D eigenvalue weighted by molar-refractivity contribution is 5.75. The number of aliphatic carboxylic acids is 1. The summed E-state index contributed by atoms with van der Waals surface area (Å²) in [6, 6.07) is -1.32. The summed E-state index contributed by atoms with van der Waals surface area (Å²) in [6.45, 7) is 1.95. The van der Waals surface area contributed by atoms with Gasteiger partial charge in [-0.15, -0.1) is 0 Å². The van der Waals surface area contributed by atoms with Gasteiger partial charge in [0.25, 0.3) is 0 Å². The van der Waals surface area contributed by atoms with E-state index in [0.29, 0.717) is 6.42 Å². The van der Waals surface area contributed by atoms with E-state index in [1.807, 2.05) is 6.92 Å². The molecule has 13 heavy (non-hydrogen) atoms. The lowest BCUT2D eigenvalue weighted by Gasteiger charge is -2.15. The molecule has 78 valence electrons. The van der Waals surface area contributed by atoms with Crippen molar-refractivity contribution in [1.29, 1.82) is 0 Å². The van der Waals surface area contributed by atoms with Gasteiger partial charge in [0.05, 0.1) is 0 Å². The standard InChI is InChI=1S/C8H15F2NO2/c1-2-3-4-5-6(11)8(9,10)7(12)13/h6H,2-5,11H2,1H3,(H,12,13)/p+1. The van der Waals surface area contributed by atoms with Crippen LogP contribution in [0, 0.1) is 0 Å². The number of rotatable bonds is 6. The number of hydrogen-bond donors (Lipinski definition) is 2. The first-order chi connectivity index (χ1) is 5.92. The fourth-order valence-corrected chi connectivity index (χ4v) is 0.997. The van der Waals surface area contributed by atoms with E-state index in [4.69, 9.17) is 5.11 Å². The van der Waals surface area contributed by atoms with Crippen molar-refractivity contribution in [3.05, 3.63) is 0 Å². The van der Waals surface area contributed by atoms with Gasteiger partial charge in [-0.25, -0.2) is 4.79 Å². The highest BCUT2D eigenvalue weighted by Gasteiger charge is 2.48. The van der Waals surface area contributed by atoms with Gasteiger partial charge in [-0.3, -0.25) is 0 Å². The largest absolute Gasteiger partial charge is 0.477 e. The van der Waals surface area contributed by atoms with Crippen LogP contribution >= 0.6 is 0 Å². The Morgan fingerprint density at radius 1 is 1.54 bits per heavy atom. The number of hydrogen-bond acceptors (Lipinski definition) is 1. The topological polar surface area (TPSA) is 64.9 Å². The van der Waals surface area contributed by atoms with Crippen LogP contribution in [0.1, 0.15) is 32.6 Å². The van der Waals surface area contributed by atoms with Crippen LogP contribution in [0.25, 0.3) is 0 Å². The van der Waals surface area contributed by atoms with Crippen LogP contribution in [0.15, 0.2) is 0 Å². The molecule has 1 unspecified atom stereocenters. The molecular formula is C8H16F2NO2+. The molecule has 0 aliphatic rings. The first-order valence-electron chi connectivity index (χ1n) is 4.37. The maximum atomic E-state index is 12.7. The third-order valence-electron chi connectivity index (χ3n) is 1.95. The number of quaternary nitrogens is 1. The molecule has 0 aliphatic heterocycles. The minimum atomic E-state index is -3.69. The Kier molecular flexibility index (Phi) is 4.83. The van der Waals surface area contributed by atoms with Crippen molar-refractivity contribution in [2.75, 3.05) is 0 Å². The molecule has 0 aromatic rings. The average molecular weight is 196 g/mol. The summed E-state index contributed by atoms with van der Waals surface area (Å²) in [5.74, 6) is -5.77. The second-order valence-electron chi connectivity index (χ2n) is 3.12. The molecule has 0 saturated heterocycles. The molecule has 0 heterocycles. The third kappa shape index (κ3) is 3.67. The zero-order valence-electron chi connectivity index (χ0n) is 7.72. The highest BCUT2D eigenvalue weighted by Crippen LogP contribution is 2.20. The Morgan fingerprint density at radius 2 is 2.08 bits per heavy atom. The first-order valence-corrected chi connectivity index (χ1v) is 4.37. The van der Waals surface area contributed by atoms with Crippen molar-refractivity contribution in [2.45, 2.75) is 44.6 Å². The SMILES string of the molecule is CCCCCC([NH3+])C(F)(F)C(=O)O. The Hall–Kier alpha value is -0.710. The van der Waals surface area contributed by atoms with E-state index in [1.165, 1.54) is 0 Å². The highest BCUT2D eigenvalue weighted by atomic mass is 19.3. The lowest BCUT2D eigenvalue weighted by molar-refractivity contribution is -0.457. The molecule has 0 saturated carbocycles. The van der Waals surface area contributed by atoms with Gasteiger partial charge in [0.1, 0.15) is 0 Å². The van der Waals surface area contributed by atoms with E-state index in [0.717, 1.165) is 12.8 Å². The molecule has 0 fully saturated rings. The van der Waals surface area contributed by atoms with E-state index in [-0.39, 0.29) is 6.42 Å². The number of halogens is 2. The second kappa shape index (κ2) is 5.11. The molecule has 0 aromatic heterocycles. The van der Waals surface area contributed by atoms with Gasteiger partial charge in [0, 0.05) is 6.42 Å². The molecular weight excluding hydrogens is 180 g/mol. The van der Waals surface area contributed by atoms with Crippen LogP contribution in [0.5, 0.6) is 0 Å². The van der Waals surface area contributed by atoms with Crippen molar-refractivity contribution >= 4 is 5.97 Å². The summed E-state index contributed by atoms with van der Waals surface area (Å²) < 4.78 is 25.4. The Balaban J connectivity index is 3.94. The summed E-state index contributed by atoms with van der Waals surface area (Å²) >= 11 is 0. The predicted molar refractivity (Wildman–Crippen MR) is 43.4 cm³/mol. The van der Waals surface area contributed by atoms with Crippen LogP contribution in [-0.4, -0.2) is 23.0 Å². The van der Waals surface area contributed by atoms with E-state index >= 15 is 0 Å². The van der Waals surface area contributed by atoms with E-state index in [1.54, 1.807) is 0 Å². The molecule has 3 nitrogen and oxygen atoms in total. The fourth-order valence-electron chi connectivity index (χ4n) is 0.997. The Bertz CT molecular complexity index is 174. The molecule has 1 atom stereocenters. The molecule has 0 bridgehead atoms. The zero-order valence-corrected chi connectivity index (χ0v) is 7.72. The molecule has 0 aromatic carbocycles. The summed E-state index contributed by atoms with van der Waals surface area (Å²) in [6.07, 6.45) is 2.52. The molecule has 0 spiro atoms.